The number of ether oxygens (including phenoxy) is 1. The van der Waals surface area contributed by atoms with Crippen LogP contribution < -0.4 is 15.8 Å². The number of H-pyrrole nitrogens is 1. The summed E-state index contributed by atoms with van der Waals surface area (Å²) in [6.07, 6.45) is 6.71. The van der Waals surface area contributed by atoms with Crippen LogP contribution in [0.4, 0.5) is 0 Å². The van der Waals surface area contributed by atoms with Gasteiger partial charge in [-0.05, 0) is 25.3 Å². The number of hydrogen-bond donors (Lipinski definition) is 2. The molecule has 3 unspecified atom stereocenters. The second-order valence-electron chi connectivity index (χ2n) is 6.84. The molecule has 10 heteroatoms. The Balaban J connectivity index is 1.40. The van der Waals surface area contributed by atoms with Crippen molar-refractivity contribution in [1.29, 1.82) is 0 Å². The fourth-order valence-corrected chi connectivity index (χ4v) is 4.64. The average molecular weight is 419 g/mol. The zero-order chi connectivity index (χ0) is 20.6. The predicted molar refractivity (Wildman–Crippen MR) is 104 cm³/mol. The Morgan fingerprint density at radius 2 is 2.24 bits per heavy atom. The monoisotopic (exact) mass is 419 g/mol. The molecule has 2 N–H and O–H groups in total. The first-order valence-corrected chi connectivity index (χ1v) is 10.5. The molecule has 29 heavy (non-hydrogen) atoms. The van der Waals surface area contributed by atoms with Gasteiger partial charge in [0.25, 0.3) is 5.56 Å². The van der Waals surface area contributed by atoms with Gasteiger partial charge in [0, 0.05) is 11.8 Å². The molecule has 9 nitrogen and oxygen atoms in total. The lowest BCUT2D eigenvalue weighted by atomic mass is 10.1. The van der Waals surface area contributed by atoms with E-state index in [1.54, 1.807) is 0 Å². The number of para-hydroxylation sites is 1. The Kier molecular flexibility index (Phi) is 5.30. The summed E-state index contributed by atoms with van der Waals surface area (Å²) in [6, 6.07) is 5.63. The molecule has 3 atom stereocenters. The maximum Gasteiger partial charge on any atom is 0.619 e. The average Bonchev–Trinajstić information content (AvgIpc) is 3.16. The zero-order valence-electron chi connectivity index (χ0n) is 15.7. The number of aromatic amines is 1. The quantitative estimate of drug-likeness (QED) is 0.574. The molecule has 0 aliphatic carbocycles. The Labute approximate surface area is 166 Å². The zero-order valence-corrected chi connectivity index (χ0v) is 16.6. The van der Waals surface area contributed by atoms with E-state index in [0.29, 0.717) is 18.6 Å². The summed E-state index contributed by atoms with van der Waals surface area (Å²) in [6.45, 7) is 2.10. The van der Waals surface area contributed by atoms with Gasteiger partial charge in [0.1, 0.15) is 25.0 Å². The third kappa shape index (κ3) is 3.99. The molecular formula is C19H20N2O7P+. The van der Waals surface area contributed by atoms with Crippen molar-refractivity contribution in [2.75, 3.05) is 6.61 Å². The van der Waals surface area contributed by atoms with Crippen molar-refractivity contribution < 1.29 is 23.2 Å². The summed E-state index contributed by atoms with van der Waals surface area (Å²) in [4.78, 5) is 36.4. The van der Waals surface area contributed by atoms with Gasteiger partial charge < -0.3 is 4.74 Å². The summed E-state index contributed by atoms with van der Waals surface area (Å²) in [5.74, 6) is 2.81. The van der Waals surface area contributed by atoms with Crippen molar-refractivity contribution in [3.8, 4) is 18.1 Å². The molecule has 1 saturated heterocycles. The maximum atomic E-state index is 12.1. The summed E-state index contributed by atoms with van der Waals surface area (Å²) in [7, 11) is -3.52. The number of aromatic nitrogens is 2. The van der Waals surface area contributed by atoms with Crippen LogP contribution in [0.15, 0.2) is 34.0 Å². The van der Waals surface area contributed by atoms with Gasteiger partial charge in [-0.15, -0.1) is 15.5 Å². The molecule has 0 saturated carbocycles. The standard InChI is InChI=1S/C19H19N2O7P/c1-3-13-9-21(19(23)20-18(13)22)16-8-7-15(27-16)11-26-29(24)25-10-14-6-4-5-12(2)17(14)28-29/h1,4-6,9,15-16,24H,7-8,10-11H2,2H3/p+1. The summed E-state index contributed by atoms with van der Waals surface area (Å²) >= 11 is 0. The van der Waals surface area contributed by atoms with Gasteiger partial charge in [-0.1, -0.05) is 24.1 Å². The Bertz CT molecular complexity index is 1090. The molecule has 152 valence electrons. The lowest BCUT2D eigenvalue weighted by Crippen LogP contribution is -2.33. The van der Waals surface area contributed by atoms with Crippen LogP contribution in [0.25, 0.3) is 0 Å². The lowest BCUT2D eigenvalue weighted by Gasteiger charge is -2.23. The van der Waals surface area contributed by atoms with Gasteiger partial charge in [0.15, 0.2) is 5.75 Å². The van der Waals surface area contributed by atoms with Crippen LogP contribution in [0.1, 0.15) is 35.8 Å². The number of rotatable bonds is 4. The van der Waals surface area contributed by atoms with Crippen molar-refractivity contribution in [2.45, 2.75) is 38.7 Å². The van der Waals surface area contributed by atoms with Gasteiger partial charge in [-0.3, -0.25) is 18.9 Å². The van der Waals surface area contributed by atoms with Crippen LogP contribution >= 0.6 is 8.17 Å². The first kappa shape index (κ1) is 19.8. The highest BCUT2D eigenvalue weighted by Gasteiger charge is 2.51. The van der Waals surface area contributed by atoms with E-state index in [-0.39, 0.29) is 24.9 Å². The first-order chi connectivity index (χ1) is 13.9. The van der Waals surface area contributed by atoms with Crippen LogP contribution in [-0.2, 0) is 20.4 Å². The van der Waals surface area contributed by atoms with E-state index < -0.39 is 25.6 Å². The molecule has 3 heterocycles. The normalized spacial score (nSPS) is 25.8. The van der Waals surface area contributed by atoms with Crippen molar-refractivity contribution >= 4 is 8.17 Å². The van der Waals surface area contributed by atoms with Crippen LogP contribution in [0.5, 0.6) is 5.75 Å². The minimum atomic E-state index is -3.52. The highest BCUT2D eigenvalue weighted by atomic mass is 31.2. The van der Waals surface area contributed by atoms with Gasteiger partial charge in [-0.2, -0.15) is 4.89 Å². The van der Waals surface area contributed by atoms with Crippen molar-refractivity contribution in [3.63, 3.8) is 0 Å². The topological polar surface area (TPSA) is 112 Å². The molecule has 4 rings (SSSR count). The number of nitrogens with zero attached hydrogens (tertiary/aromatic N) is 1. The fraction of sp³-hybridized carbons (Fsp3) is 0.368. The molecule has 0 amide bonds. The van der Waals surface area contributed by atoms with Crippen LogP contribution in [0, 0.1) is 19.3 Å². The molecule has 1 aromatic carbocycles. The molecule has 0 bridgehead atoms. The minimum Gasteiger partial charge on any atom is -0.352 e. The summed E-state index contributed by atoms with van der Waals surface area (Å²) in [5, 5.41) is 0. The highest BCUT2D eigenvalue weighted by molar-refractivity contribution is 7.55. The SMILES string of the molecule is C#Cc1cn(C2CCC(CO[P+]3(O)OCc4cccc(C)c4O3)O2)c(=O)[nH]c1=O. The molecular weight excluding hydrogens is 399 g/mol. The van der Waals surface area contributed by atoms with Crippen LogP contribution in [0.3, 0.4) is 0 Å². The predicted octanol–water partition coefficient (Wildman–Crippen LogP) is 1.80. The van der Waals surface area contributed by atoms with Crippen molar-refractivity contribution in [1.82, 2.24) is 9.55 Å². The summed E-state index contributed by atoms with van der Waals surface area (Å²) < 4.78 is 23.7. The number of fused-ring (bicyclic) bond motifs is 1. The van der Waals surface area contributed by atoms with Crippen molar-refractivity contribution in [2.24, 2.45) is 0 Å². The van der Waals surface area contributed by atoms with E-state index in [4.69, 9.17) is 24.7 Å². The molecule has 1 fully saturated rings. The third-order valence-corrected chi connectivity index (χ3v) is 6.17. The number of aryl methyl sites for hydroxylation is 1. The number of terminal acetylenes is 1. The molecule has 0 spiro atoms. The summed E-state index contributed by atoms with van der Waals surface area (Å²) in [5.41, 5.74) is 0.564. The Morgan fingerprint density at radius 3 is 3.03 bits per heavy atom. The number of hydrogen-bond acceptors (Lipinski definition) is 7. The molecule has 2 aliphatic rings. The van der Waals surface area contributed by atoms with E-state index >= 15 is 0 Å². The van der Waals surface area contributed by atoms with Gasteiger partial charge in [0.2, 0.25) is 0 Å². The molecule has 1 aromatic heterocycles. The fourth-order valence-electron chi connectivity index (χ4n) is 3.31. The first-order valence-electron chi connectivity index (χ1n) is 9.05. The van der Waals surface area contributed by atoms with E-state index in [0.717, 1.165) is 11.1 Å². The molecule has 2 aromatic rings. The van der Waals surface area contributed by atoms with Gasteiger partial charge in [-0.25, -0.2) is 4.79 Å². The molecule has 2 aliphatic heterocycles. The largest absolute Gasteiger partial charge is 0.619 e. The van der Waals surface area contributed by atoms with Gasteiger partial charge in [0.05, 0.1) is 6.10 Å². The third-order valence-electron chi connectivity index (χ3n) is 4.83. The number of benzene rings is 1. The number of nitrogens with one attached hydrogen (secondary N) is 1. The van der Waals surface area contributed by atoms with Crippen LogP contribution in [0.2, 0.25) is 0 Å². The van der Waals surface area contributed by atoms with Crippen LogP contribution in [-0.4, -0.2) is 27.2 Å². The second-order valence-corrected chi connectivity index (χ2v) is 8.47. The Morgan fingerprint density at radius 1 is 1.41 bits per heavy atom. The minimum absolute atomic E-state index is 0.0299. The van der Waals surface area contributed by atoms with E-state index in [2.05, 4.69) is 10.9 Å². The van der Waals surface area contributed by atoms with E-state index in [1.807, 2.05) is 25.1 Å². The molecule has 0 radical (unpaired) electrons. The van der Waals surface area contributed by atoms with Crippen molar-refractivity contribution in [3.05, 3.63) is 61.9 Å². The van der Waals surface area contributed by atoms with Gasteiger partial charge >= 0.3 is 13.9 Å². The maximum absolute atomic E-state index is 12.1. The second kappa shape index (κ2) is 7.75. The Hall–Kier alpha value is -2.47. The van der Waals surface area contributed by atoms with E-state index in [1.165, 1.54) is 10.8 Å². The van der Waals surface area contributed by atoms with E-state index in [9.17, 15) is 14.5 Å². The highest BCUT2D eigenvalue weighted by Crippen LogP contribution is 2.62. The smallest absolute Gasteiger partial charge is 0.352 e. The lowest BCUT2D eigenvalue weighted by molar-refractivity contribution is -0.0302.